The molecular formula is C11H9FO2S. The Morgan fingerprint density at radius 1 is 1.27 bits per heavy atom. The summed E-state index contributed by atoms with van der Waals surface area (Å²) in [4.78, 5) is 0. The first-order valence-corrected chi connectivity index (χ1v) is 5.63. The van der Waals surface area contributed by atoms with Crippen molar-refractivity contribution in [2.75, 3.05) is 13.2 Å². The third-order valence-corrected chi connectivity index (χ3v) is 3.48. The summed E-state index contributed by atoms with van der Waals surface area (Å²) in [5, 5.41) is 2.80. The van der Waals surface area contributed by atoms with Gasteiger partial charge in [-0.15, -0.1) is 11.3 Å². The van der Waals surface area contributed by atoms with Crippen LogP contribution in [0, 0.1) is 5.82 Å². The van der Waals surface area contributed by atoms with E-state index in [1.807, 2.05) is 11.4 Å². The molecule has 0 saturated carbocycles. The highest BCUT2D eigenvalue weighted by molar-refractivity contribution is 7.17. The van der Waals surface area contributed by atoms with E-state index in [0.29, 0.717) is 17.9 Å². The van der Waals surface area contributed by atoms with Gasteiger partial charge in [-0.25, -0.2) is 4.39 Å². The second-order valence-electron chi connectivity index (χ2n) is 3.38. The molecule has 3 rings (SSSR count). The molecule has 0 unspecified atom stereocenters. The van der Waals surface area contributed by atoms with Crippen molar-refractivity contribution < 1.29 is 13.9 Å². The molecule has 78 valence electrons. The minimum atomic E-state index is -0.319. The molecule has 0 spiro atoms. The van der Waals surface area contributed by atoms with Crippen molar-refractivity contribution in [1.29, 1.82) is 0 Å². The summed E-state index contributed by atoms with van der Waals surface area (Å²) in [5.41, 5.74) is 0.937. The Morgan fingerprint density at radius 3 is 2.87 bits per heavy atom. The molecule has 2 nitrogen and oxygen atoms in total. The minimum absolute atomic E-state index is 0.179. The molecule has 15 heavy (non-hydrogen) atoms. The summed E-state index contributed by atoms with van der Waals surface area (Å²) >= 11 is 1.39. The van der Waals surface area contributed by atoms with Gasteiger partial charge in [-0.3, -0.25) is 0 Å². The highest BCUT2D eigenvalue weighted by Gasteiger charge is 2.22. The number of halogens is 1. The Labute approximate surface area is 90.2 Å². The van der Waals surface area contributed by atoms with E-state index in [0.717, 1.165) is 10.9 Å². The number of hydrogen-bond acceptors (Lipinski definition) is 3. The number of hydrogen-bond donors (Lipinski definition) is 0. The smallest absolute Gasteiger partial charge is 0.185 e. The van der Waals surface area contributed by atoms with Crippen LogP contribution in [0.2, 0.25) is 0 Å². The lowest BCUT2D eigenvalue weighted by Crippen LogP contribution is -1.96. The Bertz CT molecular complexity index is 488. The molecule has 2 aromatic rings. The Kier molecular flexibility index (Phi) is 2.20. The van der Waals surface area contributed by atoms with Crippen molar-refractivity contribution >= 4 is 21.4 Å². The van der Waals surface area contributed by atoms with E-state index in [9.17, 15) is 4.39 Å². The molecule has 0 radical (unpaired) electrons. The molecule has 1 aromatic heterocycles. The predicted molar refractivity (Wildman–Crippen MR) is 56.4 cm³/mol. The number of rotatable bonds is 1. The normalized spacial score (nSPS) is 17.7. The van der Waals surface area contributed by atoms with Gasteiger partial charge in [-0.2, -0.15) is 0 Å². The number of benzene rings is 1. The van der Waals surface area contributed by atoms with Crippen LogP contribution in [-0.4, -0.2) is 13.2 Å². The predicted octanol–water partition coefficient (Wildman–Crippen LogP) is 3.09. The van der Waals surface area contributed by atoms with Crippen molar-refractivity contribution in [2.45, 2.75) is 6.29 Å². The van der Waals surface area contributed by atoms with Crippen LogP contribution in [0.4, 0.5) is 4.39 Å². The Hall–Kier alpha value is -0.970. The molecule has 1 fully saturated rings. The van der Waals surface area contributed by atoms with Gasteiger partial charge in [0.05, 0.1) is 17.9 Å². The van der Waals surface area contributed by atoms with Crippen molar-refractivity contribution in [2.24, 2.45) is 0 Å². The third kappa shape index (κ3) is 1.45. The SMILES string of the molecule is Fc1cccc2c(C3OCCO3)csc12. The summed E-state index contributed by atoms with van der Waals surface area (Å²) in [6.45, 7) is 1.22. The molecular weight excluding hydrogens is 215 g/mol. The fourth-order valence-corrected chi connectivity index (χ4v) is 2.74. The average molecular weight is 224 g/mol. The lowest BCUT2D eigenvalue weighted by atomic mass is 10.1. The second kappa shape index (κ2) is 3.56. The lowest BCUT2D eigenvalue weighted by molar-refractivity contribution is -0.0427. The zero-order chi connectivity index (χ0) is 10.3. The topological polar surface area (TPSA) is 18.5 Å². The molecule has 2 heterocycles. The van der Waals surface area contributed by atoms with Gasteiger partial charge in [0, 0.05) is 16.3 Å². The molecule has 0 N–H and O–H groups in total. The highest BCUT2D eigenvalue weighted by atomic mass is 32.1. The quantitative estimate of drug-likeness (QED) is 0.741. The number of thiophene rings is 1. The monoisotopic (exact) mass is 224 g/mol. The van der Waals surface area contributed by atoms with Crippen LogP contribution in [0.1, 0.15) is 11.9 Å². The zero-order valence-corrected chi connectivity index (χ0v) is 8.72. The van der Waals surface area contributed by atoms with Gasteiger partial charge in [0.15, 0.2) is 6.29 Å². The highest BCUT2D eigenvalue weighted by Crippen LogP contribution is 2.35. The van der Waals surface area contributed by atoms with Gasteiger partial charge in [-0.05, 0) is 6.07 Å². The molecule has 1 aromatic carbocycles. The van der Waals surface area contributed by atoms with Crippen molar-refractivity contribution in [1.82, 2.24) is 0 Å². The summed E-state index contributed by atoms with van der Waals surface area (Å²) in [6.07, 6.45) is -0.319. The molecule has 1 aliphatic heterocycles. The first-order chi connectivity index (χ1) is 7.36. The van der Waals surface area contributed by atoms with Gasteiger partial charge in [0.1, 0.15) is 5.82 Å². The maximum atomic E-state index is 13.4. The first kappa shape index (κ1) is 9.27. The maximum absolute atomic E-state index is 13.4. The largest absolute Gasteiger partial charge is 0.346 e. The molecule has 0 atom stereocenters. The standard InChI is InChI=1S/C11H9FO2S/c12-9-3-1-2-7-8(6-15-10(7)9)11-13-4-5-14-11/h1-3,6,11H,4-5H2. The van der Waals surface area contributed by atoms with Crippen LogP contribution in [0.3, 0.4) is 0 Å². The van der Waals surface area contributed by atoms with Crippen molar-refractivity contribution in [3.63, 3.8) is 0 Å². The fourth-order valence-electron chi connectivity index (χ4n) is 1.76. The van der Waals surface area contributed by atoms with Crippen LogP contribution in [0.15, 0.2) is 23.6 Å². The van der Waals surface area contributed by atoms with Gasteiger partial charge < -0.3 is 9.47 Å². The molecule has 0 amide bonds. The van der Waals surface area contributed by atoms with Crippen LogP contribution in [0.25, 0.3) is 10.1 Å². The summed E-state index contributed by atoms with van der Waals surface area (Å²) in [6, 6.07) is 5.08. The van der Waals surface area contributed by atoms with E-state index in [-0.39, 0.29) is 12.1 Å². The van der Waals surface area contributed by atoms with Gasteiger partial charge in [-0.1, -0.05) is 12.1 Å². The van der Waals surface area contributed by atoms with E-state index in [2.05, 4.69) is 0 Å². The lowest BCUT2D eigenvalue weighted by Gasteiger charge is -2.07. The zero-order valence-electron chi connectivity index (χ0n) is 7.90. The van der Waals surface area contributed by atoms with E-state index >= 15 is 0 Å². The summed E-state index contributed by atoms with van der Waals surface area (Å²) in [5.74, 6) is -0.179. The van der Waals surface area contributed by atoms with Crippen LogP contribution < -0.4 is 0 Å². The third-order valence-electron chi connectivity index (χ3n) is 2.46. The second-order valence-corrected chi connectivity index (χ2v) is 4.26. The van der Waals surface area contributed by atoms with Gasteiger partial charge >= 0.3 is 0 Å². The number of ether oxygens (including phenoxy) is 2. The van der Waals surface area contributed by atoms with Crippen LogP contribution in [0.5, 0.6) is 0 Å². The average Bonchev–Trinajstić information content (AvgIpc) is 2.85. The number of fused-ring (bicyclic) bond motifs is 1. The summed E-state index contributed by atoms with van der Waals surface area (Å²) < 4.78 is 24.9. The van der Waals surface area contributed by atoms with Gasteiger partial charge in [0.25, 0.3) is 0 Å². The minimum Gasteiger partial charge on any atom is -0.346 e. The van der Waals surface area contributed by atoms with Crippen LogP contribution >= 0.6 is 11.3 Å². The van der Waals surface area contributed by atoms with Gasteiger partial charge in [0.2, 0.25) is 0 Å². The molecule has 4 heteroatoms. The molecule has 1 aliphatic rings. The van der Waals surface area contributed by atoms with Crippen LogP contribution in [-0.2, 0) is 9.47 Å². The molecule has 0 bridgehead atoms. The first-order valence-electron chi connectivity index (χ1n) is 4.75. The molecule has 0 aliphatic carbocycles. The van der Waals surface area contributed by atoms with Crippen molar-refractivity contribution in [3.05, 3.63) is 35.0 Å². The van der Waals surface area contributed by atoms with E-state index in [1.54, 1.807) is 6.07 Å². The van der Waals surface area contributed by atoms with Crippen molar-refractivity contribution in [3.8, 4) is 0 Å². The molecule has 1 saturated heterocycles. The van der Waals surface area contributed by atoms with E-state index in [1.165, 1.54) is 17.4 Å². The Balaban J connectivity index is 2.15. The van der Waals surface area contributed by atoms with E-state index < -0.39 is 0 Å². The fraction of sp³-hybridized carbons (Fsp3) is 0.273. The Morgan fingerprint density at radius 2 is 2.07 bits per heavy atom. The van der Waals surface area contributed by atoms with E-state index in [4.69, 9.17) is 9.47 Å². The summed E-state index contributed by atoms with van der Waals surface area (Å²) in [7, 11) is 0. The maximum Gasteiger partial charge on any atom is 0.185 e.